The van der Waals surface area contributed by atoms with Gasteiger partial charge in [-0.1, -0.05) is 32.9 Å². The van der Waals surface area contributed by atoms with Crippen LogP contribution in [0.15, 0.2) is 30.3 Å². The summed E-state index contributed by atoms with van der Waals surface area (Å²) in [5, 5.41) is 17.5. The van der Waals surface area contributed by atoms with Crippen LogP contribution in [0.3, 0.4) is 0 Å². The maximum absolute atomic E-state index is 9.00. The van der Waals surface area contributed by atoms with Crippen molar-refractivity contribution in [2.75, 3.05) is 0 Å². The summed E-state index contributed by atoms with van der Waals surface area (Å²) >= 11 is 0. The number of benzene rings is 1. The first-order chi connectivity index (χ1) is 8.91. The molecule has 2 aromatic rings. The van der Waals surface area contributed by atoms with Crippen molar-refractivity contribution in [2.24, 2.45) is 0 Å². The van der Waals surface area contributed by atoms with Crippen LogP contribution in [-0.2, 0) is 5.41 Å². The molecule has 1 heterocycles. The molecule has 0 bridgehead atoms. The second-order valence-corrected chi connectivity index (χ2v) is 5.69. The topological polar surface area (TPSA) is 49.6 Å². The van der Waals surface area contributed by atoms with Gasteiger partial charge in [-0.15, -0.1) is 5.10 Å². The summed E-state index contributed by atoms with van der Waals surface area (Å²) in [5.41, 5.74) is 4.48. The smallest absolute Gasteiger partial charge is 0.0991 e. The molecule has 2 rings (SSSR count). The Balaban J connectivity index is 2.65. The van der Waals surface area contributed by atoms with Gasteiger partial charge >= 0.3 is 0 Å². The molecular formula is C16H17N3. The molecule has 0 unspecified atom stereocenters. The maximum atomic E-state index is 9.00. The second kappa shape index (κ2) is 4.81. The molecule has 0 aliphatic rings. The van der Waals surface area contributed by atoms with Crippen molar-refractivity contribution in [3.8, 4) is 17.3 Å². The van der Waals surface area contributed by atoms with E-state index in [0.717, 1.165) is 22.5 Å². The normalized spacial score (nSPS) is 11.1. The molecule has 3 nitrogen and oxygen atoms in total. The minimum absolute atomic E-state index is 0.0152. The molecule has 1 aromatic carbocycles. The van der Waals surface area contributed by atoms with E-state index in [0.29, 0.717) is 5.56 Å². The van der Waals surface area contributed by atoms with Crippen molar-refractivity contribution < 1.29 is 0 Å². The summed E-state index contributed by atoms with van der Waals surface area (Å²) in [6, 6.07) is 11.7. The first-order valence-electron chi connectivity index (χ1n) is 6.27. The van der Waals surface area contributed by atoms with E-state index in [2.05, 4.69) is 43.1 Å². The van der Waals surface area contributed by atoms with Crippen LogP contribution < -0.4 is 0 Å². The van der Waals surface area contributed by atoms with Crippen molar-refractivity contribution in [3.05, 3.63) is 47.2 Å². The highest BCUT2D eigenvalue weighted by molar-refractivity contribution is 5.65. The molecule has 0 atom stereocenters. The molecule has 0 radical (unpaired) electrons. The molecule has 0 aliphatic carbocycles. The number of nitrogens with zero attached hydrogens (tertiary/aromatic N) is 3. The van der Waals surface area contributed by atoms with Gasteiger partial charge in [0.25, 0.3) is 0 Å². The lowest BCUT2D eigenvalue weighted by Gasteiger charge is -2.22. The maximum Gasteiger partial charge on any atom is 0.0991 e. The van der Waals surface area contributed by atoms with Gasteiger partial charge < -0.3 is 0 Å². The minimum Gasteiger partial charge on any atom is -0.192 e. The van der Waals surface area contributed by atoms with Gasteiger partial charge in [0.15, 0.2) is 0 Å². The highest BCUT2D eigenvalue weighted by Gasteiger charge is 2.20. The average molecular weight is 251 g/mol. The Morgan fingerprint density at radius 2 is 1.84 bits per heavy atom. The van der Waals surface area contributed by atoms with E-state index in [-0.39, 0.29) is 5.41 Å². The fourth-order valence-corrected chi connectivity index (χ4v) is 2.01. The monoisotopic (exact) mass is 251 g/mol. The number of nitriles is 1. The van der Waals surface area contributed by atoms with E-state index in [1.165, 1.54) is 0 Å². The minimum atomic E-state index is -0.0152. The van der Waals surface area contributed by atoms with Gasteiger partial charge in [-0.05, 0) is 36.1 Å². The third-order valence-electron chi connectivity index (χ3n) is 2.99. The zero-order valence-corrected chi connectivity index (χ0v) is 11.7. The second-order valence-electron chi connectivity index (χ2n) is 5.69. The molecule has 0 spiro atoms. The summed E-state index contributed by atoms with van der Waals surface area (Å²) in [6.45, 7) is 8.40. The molecule has 0 saturated carbocycles. The van der Waals surface area contributed by atoms with Crippen molar-refractivity contribution in [3.63, 3.8) is 0 Å². The van der Waals surface area contributed by atoms with Gasteiger partial charge in [-0.3, -0.25) is 0 Å². The zero-order chi connectivity index (χ0) is 14.0. The highest BCUT2D eigenvalue weighted by Crippen LogP contribution is 2.31. The summed E-state index contributed by atoms with van der Waals surface area (Å²) in [4.78, 5) is 0. The average Bonchev–Trinajstić information content (AvgIpc) is 2.37. The van der Waals surface area contributed by atoms with E-state index in [9.17, 15) is 0 Å². The van der Waals surface area contributed by atoms with Crippen molar-refractivity contribution in [1.82, 2.24) is 10.2 Å². The van der Waals surface area contributed by atoms with Crippen LogP contribution in [0.5, 0.6) is 0 Å². The van der Waals surface area contributed by atoms with Crippen LogP contribution >= 0.6 is 0 Å². The zero-order valence-electron chi connectivity index (χ0n) is 11.7. The quantitative estimate of drug-likeness (QED) is 0.777. The molecule has 3 heteroatoms. The van der Waals surface area contributed by atoms with Gasteiger partial charge in [-0.25, -0.2) is 0 Å². The number of aromatic nitrogens is 2. The Morgan fingerprint density at radius 3 is 2.47 bits per heavy atom. The van der Waals surface area contributed by atoms with E-state index in [1.54, 1.807) is 6.07 Å². The molecular weight excluding hydrogens is 234 g/mol. The van der Waals surface area contributed by atoms with Crippen LogP contribution in [0.1, 0.15) is 37.6 Å². The van der Waals surface area contributed by atoms with E-state index in [1.807, 2.05) is 25.1 Å². The highest BCUT2D eigenvalue weighted by atomic mass is 15.1. The number of rotatable bonds is 1. The van der Waals surface area contributed by atoms with E-state index < -0.39 is 0 Å². The first kappa shape index (κ1) is 13.2. The largest absolute Gasteiger partial charge is 0.192 e. The number of hydrogen-bond donors (Lipinski definition) is 0. The van der Waals surface area contributed by atoms with Gasteiger partial charge in [0.2, 0.25) is 0 Å². The summed E-state index contributed by atoms with van der Waals surface area (Å²) in [6.07, 6.45) is 0. The molecule has 0 saturated heterocycles. The van der Waals surface area contributed by atoms with Gasteiger partial charge in [0.1, 0.15) is 0 Å². The fourth-order valence-electron chi connectivity index (χ4n) is 2.01. The predicted octanol–water partition coefficient (Wildman–Crippen LogP) is 3.62. The fraction of sp³-hybridized carbons (Fsp3) is 0.312. The first-order valence-corrected chi connectivity index (χ1v) is 6.27. The molecule has 0 N–H and O–H groups in total. The van der Waals surface area contributed by atoms with Gasteiger partial charge in [0, 0.05) is 5.56 Å². The third kappa shape index (κ3) is 2.79. The van der Waals surface area contributed by atoms with Crippen LogP contribution in [0, 0.1) is 18.3 Å². The Labute approximate surface area is 113 Å². The molecule has 0 amide bonds. The molecule has 1 aromatic heterocycles. The Bertz CT molecular complexity index is 646. The van der Waals surface area contributed by atoms with Gasteiger partial charge in [-0.2, -0.15) is 10.4 Å². The lowest BCUT2D eigenvalue weighted by atomic mass is 9.84. The van der Waals surface area contributed by atoms with Crippen molar-refractivity contribution in [2.45, 2.75) is 33.1 Å². The number of aryl methyl sites for hydroxylation is 1. The molecule has 19 heavy (non-hydrogen) atoms. The van der Waals surface area contributed by atoms with Crippen LogP contribution in [0.2, 0.25) is 0 Å². The molecule has 0 aliphatic heterocycles. The number of hydrogen-bond acceptors (Lipinski definition) is 3. The Morgan fingerprint density at radius 1 is 1.11 bits per heavy atom. The SMILES string of the molecule is Cc1cc(C(C)(C)C)c(-c2cccc(C#N)c2)nn1. The van der Waals surface area contributed by atoms with Crippen molar-refractivity contribution in [1.29, 1.82) is 5.26 Å². The molecule has 96 valence electrons. The van der Waals surface area contributed by atoms with E-state index in [4.69, 9.17) is 5.26 Å². The van der Waals surface area contributed by atoms with Gasteiger partial charge in [0.05, 0.1) is 23.0 Å². The lowest BCUT2D eigenvalue weighted by molar-refractivity contribution is 0.586. The summed E-state index contributed by atoms with van der Waals surface area (Å²) < 4.78 is 0. The van der Waals surface area contributed by atoms with E-state index >= 15 is 0 Å². The van der Waals surface area contributed by atoms with Crippen LogP contribution in [-0.4, -0.2) is 10.2 Å². The molecule has 0 fully saturated rings. The predicted molar refractivity (Wildman–Crippen MR) is 75.6 cm³/mol. The Hall–Kier alpha value is -2.21. The lowest BCUT2D eigenvalue weighted by Crippen LogP contribution is -2.15. The summed E-state index contributed by atoms with van der Waals surface area (Å²) in [5.74, 6) is 0. The van der Waals surface area contributed by atoms with Crippen molar-refractivity contribution >= 4 is 0 Å². The van der Waals surface area contributed by atoms with Crippen LogP contribution in [0.4, 0.5) is 0 Å². The standard InChI is InChI=1S/C16H17N3/c1-11-8-14(16(2,3)4)15(19-18-11)13-7-5-6-12(9-13)10-17/h5-9H,1-4H3. The third-order valence-corrected chi connectivity index (χ3v) is 2.99. The Kier molecular flexibility index (Phi) is 3.35. The summed E-state index contributed by atoms with van der Waals surface area (Å²) in [7, 11) is 0. The van der Waals surface area contributed by atoms with Crippen LogP contribution in [0.25, 0.3) is 11.3 Å².